The largest absolute Gasteiger partial charge is 0.476 e. The van der Waals surface area contributed by atoms with Gasteiger partial charge in [-0.3, -0.25) is 9.48 Å². The van der Waals surface area contributed by atoms with Gasteiger partial charge < -0.3 is 15.3 Å². The van der Waals surface area contributed by atoms with Gasteiger partial charge in [-0.1, -0.05) is 18.2 Å². The third kappa shape index (κ3) is 3.24. The highest BCUT2D eigenvalue weighted by atomic mass is 16.4. The molecule has 2 N–H and O–H groups in total. The van der Waals surface area contributed by atoms with Gasteiger partial charge in [-0.25, -0.2) is 4.79 Å². The molecule has 0 bridgehead atoms. The molecule has 1 aromatic heterocycles. The maximum atomic E-state index is 12.1. The van der Waals surface area contributed by atoms with E-state index in [1.807, 2.05) is 30.3 Å². The molecule has 1 aliphatic rings. The van der Waals surface area contributed by atoms with Crippen LogP contribution in [-0.2, 0) is 18.4 Å². The van der Waals surface area contributed by atoms with Gasteiger partial charge >= 0.3 is 5.97 Å². The molecule has 1 unspecified atom stereocenters. The molecule has 1 aliphatic heterocycles. The first-order chi connectivity index (χ1) is 11.0. The number of amides is 1. The van der Waals surface area contributed by atoms with Gasteiger partial charge in [-0.05, 0) is 18.2 Å². The number of anilines is 1. The second kappa shape index (κ2) is 6.21. The molecular weight excluding hydrogens is 296 g/mol. The first-order valence-corrected chi connectivity index (χ1v) is 7.39. The van der Waals surface area contributed by atoms with Gasteiger partial charge in [0, 0.05) is 38.3 Å². The van der Waals surface area contributed by atoms with Crippen molar-refractivity contribution < 1.29 is 14.7 Å². The SMILES string of the molecule is Cn1nc(C(=O)O)cc1CNC1CC(=O)N(c2ccccc2)C1. The van der Waals surface area contributed by atoms with Crippen molar-refractivity contribution in [2.45, 2.75) is 19.0 Å². The van der Waals surface area contributed by atoms with E-state index in [0.29, 0.717) is 19.5 Å². The number of hydrogen-bond acceptors (Lipinski definition) is 4. The highest BCUT2D eigenvalue weighted by Gasteiger charge is 2.30. The third-order valence-electron chi connectivity index (χ3n) is 3.96. The summed E-state index contributed by atoms with van der Waals surface area (Å²) in [7, 11) is 1.71. The zero-order valence-electron chi connectivity index (χ0n) is 12.8. The molecule has 1 aromatic carbocycles. The number of aromatic nitrogens is 2. The number of nitrogens with one attached hydrogen (secondary N) is 1. The van der Waals surface area contributed by atoms with Gasteiger partial charge in [0.1, 0.15) is 0 Å². The van der Waals surface area contributed by atoms with Crippen LogP contribution < -0.4 is 10.2 Å². The summed E-state index contributed by atoms with van der Waals surface area (Å²) in [5.74, 6) is -0.955. The van der Waals surface area contributed by atoms with E-state index >= 15 is 0 Å². The summed E-state index contributed by atoms with van der Waals surface area (Å²) >= 11 is 0. The van der Waals surface area contributed by atoms with Crippen LogP contribution in [0.5, 0.6) is 0 Å². The Hall–Kier alpha value is -2.67. The van der Waals surface area contributed by atoms with Crippen LogP contribution in [0.2, 0.25) is 0 Å². The number of aromatic carboxylic acids is 1. The highest BCUT2D eigenvalue weighted by molar-refractivity contribution is 5.96. The number of carboxylic acids is 1. The van der Waals surface area contributed by atoms with Crippen LogP contribution in [0.1, 0.15) is 22.6 Å². The van der Waals surface area contributed by atoms with Crippen molar-refractivity contribution in [2.75, 3.05) is 11.4 Å². The van der Waals surface area contributed by atoms with E-state index in [-0.39, 0.29) is 17.6 Å². The first-order valence-electron chi connectivity index (χ1n) is 7.39. The summed E-state index contributed by atoms with van der Waals surface area (Å²) in [6, 6.07) is 11.1. The molecule has 0 saturated carbocycles. The molecule has 3 rings (SSSR count). The van der Waals surface area contributed by atoms with Gasteiger partial charge in [0.05, 0.1) is 5.69 Å². The van der Waals surface area contributed by atoms with Gasteiger partial charge in [0.25, 0.3) is 0 Å². The van der Waals surface area contributed by atoms with E-state index in [4.69, 9.17) is 5.11 Å². The van der Waals surface area contributed by atoms with Crippen molar-refractivity contribution in [2.24, 2.45) is 7.05 Å². The molecule has 7 heteroatoms. The smallest absolute Gasteiger partial charge is 0.356 e. The standard InChI is InChI=1S/C16H18N4O3/c1-19-13(8-14(18-19)16(22)23)9-17-11-7-15(21)20(10-11)12-5-3-2-4-6-12/h2-6,8,11,17H,7,9-10H2,1H3,(H,22,23). The third-order valence-corrected chi connectivity index (χ3v) is 3.96. The number of carbonyl (C=O) groups is 2. The molecule has 0 radical (unpaired) electrons. The van der Waals surface area contributed by atoms with Crippen LogP contribution in [-0.4, -0.2) is 39.4 Å². The molecular formula is C16H18N4O3. The summed E-state index contributed by atoms with van der Waals surface area (Å²) in [4.78, 5) is 24.8. The van der Waals surface area contributed by atoms with E-state index in [1.54, 1.807) is 22.7 Å². The zero-order chi connectivity index (χ0) is 16.4. The average molecular weight is 314 g/mol. The molecule has 1 atom stereocenters. The van der Waals surface area contributed by atoms with Crippen LogP contribution in [0.15, 0.2) is 36.4 Å². The van der Waals surface area contributed by atoms with Gasteiger partial charge in [0.2, 0.25) is 5.91 Å². The molecule has 2 heterocycles. The fourth-order valence-electron chi connectivity index (χ4n) is 2.73. The molecule has 1 amide bonds. The molecule has 2 aromatic rings. The van der Waals surface area contributed by atoms with E-state index < -0.39 is 5.97 Å². The maximum absolute atomic E-state index is 12.1. The lowest BCUT2D eigenvalue weighted by Gasteiger charge is -2.17. The molecule has 120 valence electrons. The van der Waals surface area contributed by atoms with E-state index in [0.717, 1.165) is 11.4 Å². The monoisotopic (exact) mass is 314 g/mol. The van der Waals surface area contributed by atoms with Crippen LogP contribution >= 0.6 is 0 Å². The number of rotatable bonds is 5. The van der Waals surface area contributed by atoms with Crippen molar-refractivity contribution in [3.63, 3.8) is 0 Å². The Morgan fingerprint density at radius 2 is 2.13 bits per heavy atom. The van der Waals surface area contributed by atoms with Gasteiger partial charge in [0.15, 0.2) is 5.69 Å². The molecule has 7 nitrogen and oxygen atoms in total. The minimum absolute atomic E-state index is 0.0257. The predicted octanol–water partition coefficient (Wildman–Crippen LogP) is 1.01. The summed E-state index contributed by atoms with van der Waals surface area (Å²) in [6.45, 7) is 1.07. The van der Waals surface area contributed by atoms with Crippen molar-refractivity contribution >= 4 is 17.6 Å². The molecule has 0 spiro atoms. The summed E-state index contributed by atoms with van der Waals surface area (Å²) in [5, 5.41) is 16.2. The Morgan fingerprint density at radius 1 is 1.39 bits per heavy atom. The van der Waals surface area contributed by atoms with Gasteiger partial charge in [-0.2, -0.15) is 5.10 Å². The number of carbonyl (C=O) groups excluding carboxylic acids is 1. The fourth-order valence-corrected chi connectivity index (χ4v) is 2.73. The second-order valence-electron chi connectivity index (χ2n) is 5.57. The lowest BCUT2D eigenvalue weighted by atomic mass is 10.2. The van der Waals surface area contributed by atoms with Crippen LogP contribution in [0.25, 0.3) is 0 Å². The normalized spacial score (nSPS) is 17.7. The average Bonchev–Trinajstić information content (AvgIpc) is 3.09. The number of nitrogens with zero attached hydrogens (tertiary/aromatic N) is 3. The number of para-hydroxylation sites is 1. The number of benzene rings is 1. The lowest BCUT2D eigenvalue weighted by Crippen LogP contribution is -2.32. The van der Waals surface area contributed by atoms with E-state index in [2.05, 4.69) is 10.4 Å². The molecule has 1 saturated heterocycles. The Bertz CT molecular complexity index is 726. The topological polar surface area (TPSA) is 87.5 Å². The van der Waals surface area contributed by atoms with Crippen LogP contribution in [0.4, 0.5) is 5.69 Å². The summed E-state index contributed by atoms with van der Waals surface area (Å²) < 4.78 is 1.54. The van der Waals surface area contributed by atoms with Crippen molar-refractivity contribution in [1.29, 1.82) is 0 Å². The molecule has 23 heavy (non-hydrogen) atoms. The zero-order valence-corrected chi connectivity index (χ0v) is 12.8. The minimum Gasteiger partial charge on any atom is -0.476 e. The van der Waals surface area contributed by atoms with Crippen molar-refractivity contribution in [3.05, 3.63) is 47.8 Å². The fraction of sp³-hybridized carbons (Fsp3) is 0.312. The minimum atomic E-state index is -1.04. The number of carboxylic acid groups (broad SMARTS) is 1. The molecule has 0 aliphatic carbocycles. The Balaban J connectivity index is 1.62. The Morgan fingerprint density at radius 3 is 2.78 bits per heavy atom. The van der Waals surface area contributed by atoms with Gasteiger partial charge in [-0.15, -0.1) is 0 Å². The lowest BCUT2D eigenvalue weighted by molar-refractivity contribution is -0.117. The van der Waals surface area contributed by atoms with Crippen molar-refractivity contribution in [3.8, 4) is 0 Å². The quantitative estimate of drug-likeness (QED) is 0.860. The second-order valence-corrected chi connectivity index (χ2v) is 5.57. The predicted molar refractivity (Wildman–Crippen MR) is 84.2 cm³/mol. The van der Waals surface area contributed by atoms with E-state index in [1.165, 1.54) is 0 Å². The highest BCUT2D eigenvalue weighted by Crippen LogP contribution is 2.21. The summed E-state index contributed by atoms with van der Waals surface area (Å²) in [5.41, 5.74) is 1.70. The van der Waals surface area contributed by atoms with Crippen LogP contribution in [0, 0.1) is 0 Å². The Kier molecular flexibility index (Phi) is 4.12. The first kappa shape index (κ1) is 15.2. The number of hydrogen-bond donors (Lipinski definition) is 2. The van der Waals surface area contributed by atoms with Crippen molar-refractivity contribution in [1.82, 2.24) is 15.1 Å². The molecule has 1 fully saturated rings. The maximum Gasteiger partial charge on any atom is 0.356 e. The number of aryl methyl sites for hydroxylation is 1. The Labute approximate surface area is 133 Å². The van der Waals surface area contributed by atoms with Crippen LogP contribution in [0.3, 0.4) is 0 Å². The van der Waals surface area contributed by atoms with E-state index in [9.17, 15) is 9.59 Å². The summed E-state index contributed by atoms with van der Waals surface area (Å²) in [6.07, 6.45) is 0.429.